The van der Waals surface area contributed by atoms with E-state index in [9.17, 15) is 39.3 Å². The summed E-state index contributed by atoms with van der Waals surface area (Å²) in [5, 5.41) is 30.9. The molecule has 2 aromatic rings. The number of ether oxygens (including phenoxy) is 1. The van der Waals surface area contributed by atoms with Gasteiger partial charge in [-0.05, 0) is 43.9 Å². The van der Waals surface area contributed by atoms with Gasteiger partial charge in [-0.2, -0.15) is 0 Å². The van der Waals surface area contributed by atoms with Gasteiger partial charge in [0.25, 0.3) is 11.8 Å². The third-order valence-corrected chi connectivity index (χ3v) is 11.0. The van der Waals surface area contributed by atoms with Crippen LogP contribution in [0.15, 0.2) is 48.0 Å². The second-order valence-electron chi connectivity index (χ2n) is 11.1. The molecular formula is C30H25BrCl2N2O9. The van der Waals surface area contributed by atoms with E-state index in [1.807, 2.05) is 0 Å². The Morgan fingerprint density at radius 2 is 1.80 bits per heavy atom. The molecule has 2 aromatic carbocycles. The molecule has 3 fully saturated rings. The lowest BCUT2D eigenvalue weighted by Gasteiger charge is -2.50. The zero-order valence-corrected chi connectivity index (χ0v) is 26.1. The number of carbonyl (C=O) groups excluding carboxylic acids is 4. The van der Waals surface area contributed by atoms with Crippen molar-refractivity contribution in [3.8, 4) is 17.2 Å². The van der Waals surface area contributed by atoms with Crippen molar-refractivity contribution in [2.45, 2.75) is 35.4 Å². The second-order valence-corrected chi connectivity index (χ2v) is 12.9. The lowest BCUT2D eigenvalue weighted by molar-refractivity contribution is -0.138. The predicted octanol–water partition coefficient (Wildman–Crippen LogP) is 4.11. The number of halogens is 3. The standard InChI is InChI=1S/C30H25BrCl2N2O9/c1-2-44-20-5-3-4-17(23(20)37)22-14-8-9-16-21(18(14)11-29(32)27(42)34(12-31)28(43)30(22,29)33)25(39)35(24(16)38)13-6-7-15(26(40)41)19(36)10-13/h3-8,10,16,18,21-22,36-37H,2,9,11-12H2,1H3,(H,40,41)/t16-,18+,21-,22+,29+,30-/m0/s1. The predicted molar refractivity (Wildman–Crippen MR) is 160 cm³/mol. The van der Waals surface area contributed by atoms with Gasteiger partial charge in [-0.1, -0.05) is 39.7 Å². The van der Waals surface area contributed by atoms with Gasteiger partial charge in [-0.15, -0.1) is 23.2 Å². The van der Waals surface area contributed by atoms with E-state index in [4.69, 9.17) is 27.9 Å². The molecule has 3 N–H and O–H groups in total. The van der Waals surface area contributed by atoms with Crippen LogP contribution in [0.1, 0.15) is 41.6 Å². The number of amides is 4. The van der Waals surface area contributed by atoms with E-state index in [1.54, 1.807) is 25.1 Å². The van der Waals surface area contributed by atoms with Crippen LogP contribution in [0.2, 0.25) is 0 Å². The van der Waals surface area contributed by atoms with Gasteiger partial charge < -0.3 is 20.1 Å². The van der Waals surface area contributed by atoms with Crippen LogP contribution < -0.4 is 9.64 Å². The van der Waals surface area contributed by atoms with E-state index in [0.29, 0.717) is 5.57 Å². The first-order valence-electron chi connectivity index (χ1n) is 13.7. The fourth-order valence-corrected chi connectivity index (χ4v) is 8.65. The molecule has 230 valence electrons. The highest BCUT2D eigenvalue weighted by molar-refractivity contribution is 9.09. The van der Waals surface area contributed by atoms with E-state index < -0.39 is 74.3 Å². The van der Waals surface area contributed by atoms with Gasteiger partial charge in [0.1, 0.15) is 11.3 Å². The number of allylic oxidation sites excluding steroid dienone is 2. The number of phenolic OH excluding ortho intramolecular Hbond substituents is 1. The summed E-state index contributed by atoms with van der Waals surface area (Å²) in [6.45, 7) is 1.96. The number of imide groups is 2. The number of fused-ring (bicyclic) bond motifs is 4. The van der Waals surface area contributed by atoms with Gasteiger partial charge in [0, 0.05) is 17.5 Å². The number of aromatic hydroxyl groups is 2. The van der Waals surface area contributed by atoms with Crippen LogP contribution in [0.25, 0.3) is 0 Å². The van der Waals surface area contributed by atoms with E-state index >= 15 is 0 Å². The van der Waals surface area contributed by atoms with E-state index in [2.05, 4.69) is 15.9 Å². The Hall–Kier alpha value is -3.61. The molecule has 2 heterocycles. The normalized spacial score (nSPS) is 31.0. The van der Waals surface area contributed by atoms with Gasteiger partial charge >= 0.3 is 5.97 Å². The molecule has 6 atom stereocenters. The van der Waals surface area contributed by atoms with Crippen molar-refractivity contribution in [3.05, 3.63) is 59.2 Å². The number of carboxylic acids is 1. The highest BCUT2D eigenvalue weighted by atomic mass is 79.9. The molecule has 0 bridgehead atoms. The molecule has 44 heavy (non-hydrogen) atoms. The highest BCUT2D eigenvalue weighted by Crippen LogP contribution is 2.66. The van der Waals surface area contributed by atoms with Gasteiger partial charge in [0.05, 0.1) is 29.6 Å². The Morgan fingerprint density at radius 1 is 1.07 bits per heavy atom. The molecule has 4 amide bonds. The molecule has 0 radical (unpaired) electrons. The third kappa shape index (κ3) is 3.89. The second kappa shape index (κ2) is 10.5. The Bertz CT molecular complexity index is 1700. The van der Waals surface area contributed by atoms with Gasteiger partial charge in [0.2, 0.25) is 11.8 Å². The molecule has 11 nitrogen and oxygen atoms in total. The molecule has 0 aromatic heterocycles. The van der Waals surface area contributed by atoms with E-state index in [-0.39, 0.29) is 47.7 Å². The Kier molecular flexibility index (Phi) is 7.25. The summed E-state index contributed by atoms with van der Waals surface area (Å²) in [4.78, 5) is 64.5. The maximum atomic E-state index is 14.1. The van der Waals surface area contributed by atoms with Crippen molar-refractivity contribution in [3.63, 3.8) is 0 Å². The van der Waals surface area contributed by atoms with Gasteiger partial charge in [-0.3, -0.25) is 24.1 Å². The number of nitrogens with zero attached hydrogens (tertiary/aromatic N) is 2. The van der Waals surface area contributed by atoms with Crippen LogP contribution in [0, 0.1) is 17.8 Å². The quantitative estimate of drug-likeness (QED) is 0.174. The van der Waals surface area contributed by atoms with Gasteiger partial charge in [0.15, 0.2) is 21.2 Å². The first kappa shape index (κ1) is 30.4. The van der Waals surface area contributed by atoms with Crippen molar-refractivity contribution in [2.24, 2.45) is 17.8 Å². The summed E-state index contributed by atoms with van der Waals surface area (Å²) in [6.07, 6.45) is 1.54. The SMILES string of the molecule is CCOc1cccc([C@H]2C3=CC[C@@H]4C(=O)N(c5ccc(C(=O)O)c(O)c5)C(=O)[C@@H]4[C@@H]3C[C@@]3(Cl)C(=O)N(CBr)C(=O)[C@@]23Cl)c1O. The number of likely N-dealkylation sites (tertiary alicyclic amines) is 1. The smallest absolute Gasteiger partial charge is 0.339 e. The summed E-state index contributed by atoms with van der Waals surface area (Å²) in [6, 6.07) is 8.08. The third-order valence-electron chi connectivity index (χ3n) is 9.13. The number of alkyl halides is 3. The molecular weight excluding hydrogens is 683 g/mol. The molecule has 0 unspecified atom stereocenters. The molecule has 2 aliphatic carbocycles. The van der Waals surface area contributed by atoms with E-state index in [0.717, 1.165) is 21.9 Å². The van der Waals surface area contributed by atoms with Crippen molar-refractivity contribution >= 4 is 74.4 Å². The fourth-order valence-electron chi connectivity index (χ4n) is 7.24. The molecule has 4 aliphatic rings. The lowest BCUT2D eigenvalue weighted by atomic mass is 9.56. The van der Waals surface area contributed by atoms with Crippen LogP contribution in [-0.2, 0) is 19.2 Å². The van der Waals surface area contributed by atoms with E-state index in [1.165, 1.54) is 12.1 Å². The summed E-state index contributed by atoms with van der Waals surface area (Å²) in [7, 11) is 0. The molecule has 6 rings (SSSR count). The summed E-state index contributed by atoms with van der Waals surface area (Å²) in [5.74, 6) is -8.86. The minimum Gasteiger partial charge on any atom is -0.507 e. The molecule has 2 aliphatic heterocycles. The van der Waals surface area contributed by atoms with Crippen LogP contribution >= 0.6 is 39.1 Å². The first-order valence-corrected chi connectivity index (χ1v) is 15.6. The summed E-state index contributed by atoms with van der Waals surface area (Å²) < 4.78 is 5.58. The number of hydrogen-bond donors (Lipinski definition) is 3. The number of rotatable bonds is 6. The number of carboxylic acid groups (broad SMARTS) is 1. The van der Waals surface area contributed by atoms with Crippen molar-refractivity contribution < 1.29 is 44.0 Å². The number of phenols is 2. The number of anilines is 1. The number of carbonyl (C=O) groups is 5. The van der Waals surface area contributed by atoms with Crippen LogP contribution in [0.5, 0.6) is 17.2 Å². The monoisotopic (exact) mass is 706 g/mol. The minimum absolute atomic E-state index is 0.0160. The van der Waals surface area contributed by atoms with Crippen LogP contribution in [-0.4, -0.2) is 71.6 Å². The molecule has 1 saturated carbocycles. The zero-order valence-electron chi connectivity index (χ0n) is 23.0. The van der Waals surface area contributed by atoms with Crippen LogP contribution in [0.4, 0.5) is 5.69 Å². The molecule has 14 heteroatoms. The average Bonchev–Trinajstić information content (AvgIpc) is 3.32. The fraction of sp³-hybridized carbons (Fsp3) is 0.367. The number of para-hydroxylation sites is 1. The lowest BCUT2D eigenvalue weighted by Crippen LogP contribution is -2.60. The highest BCUT2D eigenvalue weighted by Gasteiger charge is 2.76. The average molecular weight is 708 g/mol. The van der Waals surface area contributed by atoms with Crippen molar-refractivity contribution in [1.29, 1.82) is 0 Å². The number of hydrogen-bond acceptors (Lipinski definition) is 8. The topological polar surface area (TPSA) is 162 Å². The minimum atomic E-state index is -2.10. The zero-order chi connectivity index (χ0) is 31.9. The first-order chi connectivity index (χ1) is 20.8. The van der Waals surface area contributed by atoms with Crippen molar-refractivity contribution in [1.82, 2.24) is 4.90 Å². The molecule has 0 spiro atoms. The Morgan fingerprint density at radius 3 is 2.43 bits per heavy atom. The maximum absolute atomic E-state index is 14.1. The number of benzene rings is 2. The van der Waals surface area contributed by atoms with Crippen molar-refractivity contribution in [2.75, 3.05) is 17.0 Å². The van der Waals surface area contributed by atoms with Crippen LogP contribution in [0.3, 0.4) is 0 Å². The van der Waals surface area contributed by atoms with Gasteiger partial charge in [-0.25, -0.2) is 9.69 Å². The Balaban J connectivity index is 1.51. The summed E-state index contributed by atoms with van der Waals surface area (Å²) in [5.41, 5.74) is 0.0403. The molecule has 2 saturated heterocycles. The largest absolute Gasteiger partial charge is 0.507 e. The number of aromatic carboxylic acids is 1. The summed E-state index contributed by atoms with van der Waals surface area (Å²) >= 11 is 17.6. The Labute approximate surface area is 269 Å². The maximum Gasteiger partial charge on any atom is 0.339 e.